The molecule has 28 heavy (non-hydrogen) atoms. The Hall–Kier alpha value is -3.80. The average Bonchev–Trinajstić information content (AvgIpc) is 3.02. The van der Waals surface area contributed by atoms with E-state index >= 15 is 0 Å². The molecular formula is C22H19N3O3. The zero-order valence-electron chi connectivity index (χ0n) is 15.5. The van der Waals surface area contributed by atoms with Crippen molar-refractivity contribution in [1.82, 2.24) is 9.61 Å². The van der Waals surface area contributed by atoms with Crippen molar-refractivity contribution in [2.75, 3.05) is 5.32 Å². The van der Waals surface area contributed by atoms with E-state index in [2.05, 4.69) is 10.4 Å². The van der Waals surface area contributed by atoms with Gasteiger partial charge in [0, 0.05) is 11.9 Å². The average molecular weight is 373 g/mol. The Labute approximate surface area is 161 Å². The molecule has 0 saturated carbocycles. The molecule has 1 amide bonds. The van der Waals surface area contributed by atoms with E-state index in [1.807, 2.05) is 56.3 Å². The second-order valence-electron chi connectivity index (χ2n) is 6.57. The maximum absolute atomic E-state index is 12.8. The van der Waals surface area contributed by atoms with Crippen molar-refractivity contribution in [3.8, 4) is 11.5 Å². The lowest BCUT2D eigenvalue weighted by Crippen LogP contribution is -2.20. The van der Waals surface area contributed by atoms with Crippen LogP contribution in [0.15, 0.2) is 71.7 Å². The van der Waals surface area contributed by atoms with Gasteiger partial charge < -0.3 is 10.1 Å². The Balaban J connectivity index is 1.63. The summed E-state index contributed by atoms with van der Waals surface area (Å²) in [5.41, 5.74) is 2.54. The first-order valence-electron chi connectivity index (χ1n) is 8.88. The molecule has 4 aromatic rings. The quantitative estimate of drug-likeness (QED) is 0.560. The Morgan fingerprint density at radius 1 is 1.00 bits per heavy atom. The Morgan fingerprint density at radius 3 is 2.54 bits per heavy atom. The van der Waals surface area contributed by atoms with Crippen LogP contribution < -0.4 is 15.6 Å². The number of pyridine rings is 1. The fourth-order valence-electron chi connectivity index (χ4n) is 3.08. The summed E-state index contributed by atoms with van der Waals surface area (Å²) in [7, 11) is 0. The number of benzene rings is 2. The minimum atomic E-state index is -0.450. The molecule has 0 aliphatic heterocycles. The summed E-state index contributed by atoms with van der Waals surface area (Å²) in [4.78, 5) is 25.0. The smallest absolute Gasteiger partial charge is 0.277 e. The summed E-state index contributed by atoms with van der Waals surface area (Å²) in [5.74, 6) is 1.01. The standard InChI is InChI=1S/C22H19N3O3/c1-14-13-19(28-16-8-4-3-5-9-16)15(2)12-17(14)23-21(26)20-18-10-6-7-11-25(18)24-22(20)27/h3-13H,1-2H3,(H,23,26)(H,24,27). The van der Waals surface area contributed by atoms with Crippen molar-refractivity contribution < 1.29 is 9.53 Å². The second-order valence-corrected chi connectivity index (χ2v) is 6.57. The largest absolute Gasteiger partial charge is 0.457 e. The third-order valence-corrected chi connectivity index (χ3v) is 4.53. The summed E-state index contributed by atoms with van der Waals surface area (Å²) in [6, 6.07) is 18.5. The summed E-state index contributed by atoms with van der Waals surface area (Å²) in [6.07, 6.45) is 1.69. The zero-order chi connectivity index (χ0) is 19.7. The van der Waals surface area contributed by atoms with Crippen LogP contribution in [-0.4, -0.2) is 15.5 Å². The number of fused-ring (bicyclic) bond motifs is 1. The molecular weight excluding hydrogens is 354 g/mol. The Bertz CT molecular complexity index is 1220. The highest BCUT2D eigenvalue weighted by atomic mass is 16.5. The number of H-pyrrole nitrogens is 1. The summed E-state index contributed by atoms with van der Waals surface area (Å²) in [5, 5.41) is 5.49. The number of carbonyl (C=O) groups is 1. The molecule has 6 nitrogen and oxygen atoms in total. The van der Waals surface area contributed by atoms with Crippen LogP contribution in [0.4, 0.5) is 5.69 Å². The van der Waals surface area contributed by atoms with Gasteiger partial charge in [0.05, 0.1) is 5.52 Å². The number of hydrogen-bond donors (Lipinski definition) is 2. The fourth-order valence-corrected chi connectivity index (χ4v) is 3.08. The minimum Gasteiger partial charge on any atom is -0.457 e. The highest BCUT2D eigenvalue weighted by molar-refractivity contribution is 6.09. The number of carbonyl (C=O) groups excluding carboxylic acids is 1. The van der Waals surface area contributed by atoms with Gasteiger partial charge in [-0.25, -0.2) is 0 Å². The van der Waals surface area contributed by atoms with Crippen LogP contribution in [0.5, 0.6) is 11.5 Å². The third-order valence-electron chi connectivity index (χ3n) is 4.53. The van der Waals surface area contributed by atoms with Crippen LogP contribution in [0.1, 0.15) is 21.5 Å². The molecule has 0 aliphatic rings. The van der Waals surface area contributed by atoms with E-state index in [1.165, 1.54) is 4.52 Å². The Kier molecular flexibility index (Phi) is 4.45. The van der Waals surface area contributed by atoms with Crippen LogP contribution in [0.25, 0.3) is 5.52 Å². The first-order valence-corrected chi connectivity index (χ1v) is 8.88. The van der Waals surface area contributed by atoms with E-state index in [1.54, 1.807) is 24.4 Å². The van der Waals surface area contributed by atoms with Crippen LogP contribution in [0.3, 0.4) is 0 Å². The number of ether oxygens (including phenoxy) is 1. The number of hydrogen-bond acceptors (Lipinski definition) is 3. The summed E-state index contributed by atoms with van der Waals surface area (Å²) >= 11 is 0. The first-order chi connectivity index (χ1) is 13.5. The predicted molar refractivity (Wildman–Crippen MR) is 108 cm³/mol. The van der Waals surface area contributed by atoms with E-state index in [4.69, 9.17) is 4.74 Å². The number of amides is 1. The second kappa shape index (κ2) is 7.08. The van der Waals surface area contributed by atoms with E-state index in [9.17, 15) is 9.59 Å². The molecule has 4 rings (SSSR count). The molecule has 2 aromatic heterocycles. The fraction of sp³-hybridized carbons (Fsp3) is 0.0909. The number of aromatic nitrogens is 2. The van der Waals surface area contributed by atoms with Gasteiger partial charge in [0.25, 0.3) is 11.5 Å². The van der Waals surface area contributed by atoms with Crippen LogP contribution in [-0.2, 0) is 0 Å². The van der Waals surface area contributed by atoms with Crippen molar-refractivity contribution >= 4 is 17.1 Å². The van der Waals surface area contributed by atoms with Crippen LogP contribution in [0.2, 0.25) is 0 Å². The zero-order valence-corrected chi connectivity index (χ0v) is 15.5. The molecule has 0 atom stereocenters. The van der Waals surface area contributed by atoms with E-state index < -0.39 is 11.5 Å². The lowest BCUT2D eigenvalue weighted by molar-refractivity contribution is 0.102. The first kappa shape index (κ1) is 17.6. The van der Waals surface area contributed by atoms with Gasteiger partial charge in [-0.3, -0.25) is 19.2 Å². The molecule has 0 fully saturated rings. The van der Waals surface area contributed by atoms with Crippen LogP contribution >= 0.6 is 0 Å². The maximum Gasteiger partial charge on any atom is 0.277 e. The number of nitrogens with zero attached hydrogens (tertiary/aromatic N) is 1. The molecule has 0 radical (unpaired) electrons. The van der Waals surface area contributed by atoms with Gasteiger partial charge >= 0.3 is 0 Å². The highest BCUT2D eigenvalue weighted by Crippen LogP contribution is 2.30. The van der Waals surface area contributed by atoms with Crippen molar-refractivity contribution in [2.24, 2.45) is 0 Å². The molecule has 6 heteroatoms. The molecule has 0 aliphatic carbocycles. The predicted octanol–water partition coefficient (Wildman–Crippen LogP) is 4.29. The summed E-state index contributed by atoms with van der Waals surface area (Å²) < 4.78 is 7.46. The molecule has 2 aromatic carbocycles. The van der Waals surface area contributed by atoms with E-state index in [-0.39, 0.29) is 5.56 Å². The van der Waals surface area contributed by atoms with E-state index in [0.717, 1.165) is 16.9 Å². The Morgan fingerprint density at radius 2 is 1.75 bits per heavy atom. The van der Waals surface area contributed by atoms with Crippen molar-refractivity contribution in [3.05, 3.63) is 93.9 Å². The summed E-state index contributed by atoms with van der Waals surface area (Å²) in [6.45, 7) is 3.79. The van der Waals surface area contributed by atoms with Gasteiger partial charge in [-0.15, -0.1) is 0 Å². The molecule has 0 unspecified atom stereocenters. The molecule has 0 spiro atoms. The van der Waals surface area contributed by atoms with Gasteiger partial charge in [0.15, 0.2) is 0 Å². The number of para-hydroxylation sites is 1. The molecule has 0 bridgehead atoms. The monoisotopic (exact) mass is 373 g/mol. The van der Waals surface area contributed by atoms with Gasteiger partial charge in [0.2, 0.25) is 0 Å². The van der Waals surface area contributed by atoms with Crippen molar-refractivity contribution in [1.29, 1.82) is 0 Å². The van der Waals surface area contributed by atoms with Crippen molar-refractivity contribution in [2.45, 2.75) is 13.8 Å². The normalized spacial score (nSPS) is 10.8. The minimum absolute atomic E-state index is 0.0854. The number of rotatable bonds is 4. The molecule has 140 valence electrons. The maximum atomic E-state index is 12.8. The lowest BCUT2D eigenvalue weighted by Gasteiger charge is -2.14. The van der Waals surface area contributed by atoms with Gasteiger partial charge in [-0.05, 0) is 61.4 Å². The highest BCUT2D eigenvalue weighted by Gasteiger charge is 2.18. The van der Waals surface area contributed by atoms with Gasteiger partial charge in [-0.2, -0.15) is 0 Å². The number of aromatic amines is 1. The number of anilines is 1. The lowest BCUT2D eigenvalue weighted by atomic mass is 10.1. The molecule has 2 N–H and O–H groups in total. The van der Waals surface area contributed by atoms with Gasteiger partial charge in [0.1, 0.15) is 17.1 Å². The van der Waals surface area contributed by atoms with Gasteiger partial charge in [-0.1, -0.05) is 24.3 Å². The molecule has 0 saturated heterocycles. The third kappa shape index (κ3) is 3.27. The SMILES string of the molecule is Cc1cc(Oc2ccccc2)c(C)cc1NC(=O)c1c(=O)[nH]n2ccccc12. The number of nitrogens with one attached hydrogen (secondary N) is 2. The topological polar surface area (TPSA) is 75.6 Å². The number of aryl methyl sites for hydroxylation is 2. The van der Waals surface area contributed by atoms with Crippen LogP contribution in [0, 0.1) is 13.8 Å². The molecule has 2 heterocycles. The van der Waals surface area contributed by atoms with E-state index in [0.29, 0.717) is 17.0 Å². The van der Waals surface area contributed by atoms with Crippen molar-refractivity contribution in [3.63, 3.8) is 0 Å².